The Labute approximate surface area is 115 Å². The van der Waals surface area contributed by atoms with Crippen LogP contribution in [0.3, 0.4) is 0 Å². The van der Waals surface area contributed by atoms with Crippen LogP contribution < -0.4 is 10.6 Å². The molecule has 0 aromatic rings. The van der Waals surface area contributed by atoms with Crippen LogP contribution in [0.1, 0.15) is 40.0 Å². The first-order chi connectivity index (χ1) is 8.90. The number of carbonyl (C=O) groups is 2. The lowest BCUT2D eigenvalue weighted by Gasteiger charge is -2.27. The molecule has 1 heterocycles. The molecule has 5 heteroatoms. The van der Waals surface area contributed by atoms with E-state index in [9.17, 15) is 9.59 Å². The van der Waals surface area contributed by atoms with Crippen LogP contribution in [-0.2, 0) is 9.59 Å². The minimum absolute atomic E-state index is 0.00311. The second-order valence-electron chi connectivity index (χ2n) is 5.99. The van der Waals surface area contributed by atoms with Gasteiger partial charge >= 0.3 is 5.97 Å². The number of aliphatic carboxylic acids is 1. The van der Waals surface area contributed by atoms with Crippen LogP contribution in [0.4, 0.5) is 0 Å². The van der Waals surface area contributed by atoms with Crippen LogP contribution in [0.2, 0.25) is 0 Å². The van der Waals surface area contributed by atoms with Gasteiger partial charge in [0.1, 0.15) is 0 Å². The molecule has 1 aliphatic heterocycles. The van der Waals surface area contributed by atoms with E-state index in [4.69, 9.17) is 5.11 Å². The van der Waals surface area contributed by atoms with E-state index in [-0.39, 0.29) is 18.4 Å². The lowest BCUT2D eigenvalue weighted by Crippen LogP contribution is -2.44. The van der Waals surface area contributed by atoms with E-state index in [1.165, 1.54) is 0 Å². The molecule has 0 aromatic carbocycles. The number of hydrogen-bond donors (Lipinski definition) is 3. The van der Waals surface area contributed by atoms with Gasteiger partial charge in [-0.05, 0) is 38.6 Å². The third kappa shape index (κ3) is 5.59. The highest BCUT2D eigenvalue weighted by atomic mass is 16.4. The largest absolute Gasteiger partial charge is 0.481 e. The zero-order chi connectivity index (χ0) is 14.4. The number of piperidine rings is 1. The standard InChI is InChI=1S/C14H26N2O3/c1-9(2)6-12(14(18)19)8-16-13(17)11-4-5-15-10(3)7-11/h9-12,15H,4-8H2,1-3H3,(H,16,17)(H,18,19). The Balaban J connectivity index is 2.40. The number of carbonyl (C=O) groups excluding carboxylic acids is 1. The minimum atomic E-state index is -0.826. The number of nitrogens with one attached hydrogen (secondary N) is 2. The van der Waals surface area contributed by atoms with Gasteiger partial charge in [-0.2, -0.15) is 0 Å². The molecule has 0 aromatic heterocycles. The second kappa shape index (κ2) is 7.48. The predicted octanol–water partition coefficient (Wildman–Crippen LogP) is 1.24. The van der Waals surface area contributed by atoms with Gasteiger partial charge in [0.2, 0.25) is 5.91 Å². The minimum Gasteiger partial charge on any atom is -0.481 e. The SMILES string of the molecule is CC(C)CC(CNC(=O)C1CCNC(C)C1)C(=O)O. The molecule has 1 fully saturated rings. The first-order valence-electron chi connectivity index (χ1n) is 7.14. The quantitative estimate of drug-likeness (QED) is 0.678. The summed E-state index contributed by atoms with van der Waals surface area (Å²) in [5, 5.41) is 15.2. The molecular formula is C14H26N2O3. The third-order valence-electron chi connectivity index (χ3n) is 3.62. The van der Waals surface area contributed by atoms with E-state index in [1.54, 1.807) is 0 Å². The molecule has 1 saturated heterocycles. The van der Waals surface area contributed by atoms with Crippen molar-refractivity contribution in [2.45, 2.75) is 46.1 Å². The number of carboxylic acid groups (broad SMARTS) is 1. The lowest BCUT2D eigenvalue weighted by atomic mass is 9.92. The smallest absolute Gasteiger partial charge is 0.308 e. The van der Waals surface area contributed by atoms with Crippen molar-refractivity contribution in [3.05, 3.63) is 0 Å². The summed E-state index contributed by atoms with van der Waals surface area (Å²) in [7, 11) is 0. The van der Waals surface area contributed by atoms with Crippen LogP contribution in [0.15, 0.2) is 0 Å². The van der Waals surface area contributed by atoms with Gasteiger partial charge in [-0.3, -0.25) is 9.59 Å². The summed E-state index contributed by atoms with van der Waals surface area (Å²) in [6.07, 6.45) is 2.25. The summed E-state index contributed by atoms with van der Waals surface area (Å²) in [4.78, 5) is 23.1. The van der Waals surface area contributed by atoms with Gasteiger partial charge in [-0.1, -0.05) is 13.8 Å². The third-order valence-corrected chi connectivity index (χ3v) is 3.62. The summed E-state index contributed by atoms with van der Waals surface area (Å²) in [6.45, 7) is 7.15. The summed E-state index contributed by atoms with van der Waals surface area (Å²) in [5.41, 5.74) is 0. The van der Waals surface area contributed by atoms with Crippen LogP contribution in [0.25, 0.3) is 0 Å². The fourth-order valence-electron chi connectivity index (χ4n) is 2.58. The average molecular weight is 270 g/mol. The maximum atomic E-state index is 12.0. The van der Waals surface area contributed by atoms with Crippen molar-refractivity contribution < 1.29 is 14.7 Å². The maximum absolute atomic E-state index is 12.0. The molecule has 5 nitrogen and oxygen atoms in total. The van der Waals surface area contributed by atoms with Gasteiger partial charge in [-0.15, -0.1) is 0 Å². The Kier molecular flexibility index (Phi) is 6.28. The van der Waals surface area contributed by atoms with E-state index in [2.05, 4.69) is 17.6 Å². The molecule has 19 heavy (non-hydrogen) atoms. The molecule has 3 N–H and O–H groups in total. The Morgan fingerprint density at radius 2 is 2.11 bits per heavy atom. The highest BCUT2D eigenvalue weighted by Gasteiger charge is 2.26. The van der Waals surface area contributed by atoms with Gasteiger partial charge in [0, 0.05) is 18.5 Å². The van der Waals surface area contributed by atoms with Crippen molar-refractivity contribution in [3.8, 4) is 0 Å². The molecule has 1 aliphatic rings. The first-order valence-corrected chi connectivity index (χ1v) is 7.14. The molecule has 3 unspecified atom stereocenters. The Morgan fingerprint density at radius 1 is 1.42 bits per heavy atom. The molecule has 0 saturated carbocycles. The molecular weight excluding hydrogens is 244 g/mol. The van der Waals surface area contributed by atoms with Crippen molar-refractivity contribution in [1.29, 1.82) is 0 Å². The van der Waals surface area contributed by atoms with Gasteiger partial charge in [-0.25, -0.2) is 0 Å². The zero-order valence-corrected chi connectivity index (χ0v) is 12.1. The summed E-state index contributed by atoms with van der Waals surface area (Å²) in [5.74, 6) is -0.972. The van der Waals surface area contributed by atoms with Gasteiger partial charge in [0.15, 0.2) is 0 Å². The molecule has 1 amide bonds. The van der Waals surface area contributed by atoms with E-state index < -0.39 is 11.9 Å². The molecule has 3 atom stereocenters. The molecule has 110 valence electrons. The molecule has 0 spiro atoms. The Hall–Kier alpha value is -1.10. The van der Waals surface area contributed by atoms with Crippen LogP contribution in [0.5, 0.6) is 0 Å². The van der Waals surface area contributed by atoms with E-state index >= 15 is 0 Å². The predicted molar refractivity (Wildman–Crippen MR) is 73.8 cm³/mol. The van der Waals surface area contributed by atoms with Gasteiger partial charge < -0.3 is 15.7 Å². The van der Waals surface area contributed by atoms with Crippen LogP contribution >= 0.6 is 0 Å². The van der Waals surface area contributed by atoms with Crippen LogP contribution in [-0.4, -0.2) is 36.1 Å². The number of hydrogen-bond acceptors (Lipinski definition) is 3. The fraction of sp³-hybridized carbons (Fsp3) is 0.857. The lowest BCUT2D eigenvalue weighted by molar-refractivity contribution is -0.142. The Bertz CT molecular complexity index is 318. The number of amides is 1. The van der Waals surface area contributed by atoms with E-state index in [0.717, 1.165) is 19.4 Å². The fourth-order valence-corrected chi connectivity index (χ4v) is 2.58. The van der Waals surface area contributed by atoms with E-state index in [0.29, 0.717) is 18.4 Å². The zero-order valence-electron chi connectivity index (χ0n) is 12.1. The van der Waals surface area contributed by atoms with Crippen molar-refractivity contribution in [2.75, 3.05) is 13.1 Å². The number of rotatable bonds is 6. The second-order valence-corrected chi connectivity index (χ2v) is 5.99. The van der Waals surface area contributed by atoms with E-state index in [1.807, 2.05) is 13.8 Å². The average Bonchev–Trinajstić information content (AvgIpc) is 2.33. The monoisotopic (exact) mass is 270 g/mol. The Morgan fingerprint density at radius 3 is 2.63 bits per heavy atom. The number of carboxylic acids is 1. The maximum Gasteiger partial charge on any atom is 0.308 e. The highest BCUT2D eigenvalue weighted by molar-refractivity contribution is 5.79. The summed E-state index contributed by atoms with van der Waals surface area (Å²) < 4.78 is 0. The summed E-state index contributed by atoms with van der Waals surface area (Å²) in [6, 6.07) is 0.357. The van der Waals surface area contributed by atoms with Crippen molar-refractivity contribution >= 4 is 11.9 Å². The molecule has 1 rings (SSSR count). The van der Waals surface area contributed by atoms with Crippen molar-refractivity contribution in [3.63, 3.8) is 0 Å². The molecule has 0 bridgehead atoms. The molecule has 0 aliphatic carbocycles. The topological polar surface area (TPSA) is 78.4 Å². The van der Waals surface area contributed by atoms with Gasteiger partial charge in [0.05, 0.1) is 5.92 Å². The highest BCUT2D eigenvalue weighted by Crippen LogP contribution is 2.17. The van der Waals surface area contributed by atoms with Crippen molar-refractivity contribution in [1.82, 2.24) is 10.6 Å². The normalized spacial score (nSPS) is 25.1. The van der Waals surface area contributed by atoms with Crippen molar-refractivity contribution in [2.24, 2.45) is 17.8 Å². The van der Waals surface area contributed by atoms with Crippen LogP contribution in [0, 0.1) is 17.8 Å². The van der Waals surface area contributed by atoms with Gasteiger partial charge in [0.25, 0.3) is 0 Å². The summed E-state index contributed by atoms with van der Waals surface area (Å²) >= 11 is 0. The molecule has 0 radical (unpaired) electrons. The first kappa shape index (κ1) is 16.0.